The Morgan fingerprint density at radius 1 is 1.33 bits per heavy atom. The number of amides is 1. The summed E-state index contributed by atoms with van der Waals surface area (Å²) in [7, 11) is 0. The molecule has 2 aromatic rings. The number of likely N-dealkylation sites (tertiary alicyclic amines) is 1. The van der Waals surface area contributed by atoms with Crippen LogP contribution in [0, 0.1) is 11.3 Å². The molecule has 5 nitrogen and oxygen atoms in total. The molecule has 3 rings (SSSR count). The second-order valence-electron chi connectivity index (χ2n) is 7.66. The van der Waals surface area contributed by atoms with E-state index in [9.17, 15) is 4.79 Å². The Morgan fingerprint density at radius 2 is 2.04 bits per heavy atom. The zero-order chi connectivity index (χ0) is 19.6. The highest BCUT2D eigenvalue weighted by molar-refractivity contribution is 7.13. The van der Waals surface area contributed by atoms with E-state index >= 15 is 0 Å². The van der Waals surface area contributed by atoms with E-state index in [-0.39, 0.29) is 6.09 Å². The molecule has 7 heteroatoms. The summed E-state index contributed by atoms with van der Waals surface area (Å²) >= 11 is 7.66. The molecule has 1 saturated heterocycles. The Hall–Kier alpha value is -2.10. The molecule has 0 atom stereocenters. The maximum Gasteiger partial charge on any atom is 0.410 e. The van der Waals surface area contributed by atoms with Crippen LogP contribution in [-0.2, 0) is 4.74 Å². The monoisotopic (exact) mass is 403 g/mol. The fourth-order valence-electron chi connectivity index (χ4n) is 3.07. The number of rotatable bonds is 2. The van der Waals surface area contributed by atoms with Gasteiger partial charge in [0, 0.05) is 35.0 Å². The fraction of sp³-hybridized carbons (Fsp3) is 0.450. The second kappa shape index (κ2) is 7.87. The summed E-state index contributed by atoms with van der Waals surface area (Å²) in [5.41, 5.74) is 1.95. The molecule has 0 aliphatic carbocycles. The highest BCUT2D eigenvalue weighted by Gasteiger charge is 2.28. The van der Waals surface area contributed by atoms with Crippen LogP contribution in [0.15, 0.2) is 23.6 Å². The Morgan fingerprint density at radius 3 is 2.67 bits per heavy atom. The summed E-state index contributed by atoms with van der Waals surface area (Å²) in [6.07, 6.45) is 1.48. The minimum Gasteiger partial charge on any atom is -0.444 e. The first-order valence-corrected chi connectivity index (χ1v) is 10.2. The first-order valence-electron chi connectivity index (χ1n) is 8.89. The Kier molecular flexibility index (Phi) is 5.73. The smallest absolute Gasteiger partial charge is 0.410 e. The summed E-state index contributed by atoms with van der Waals surface area (Å²) in [6.45, 7) is 6.97. The molecule has 0 radical (unpaired) electrons. The third-order valence-corrected chi connectivity index (χ3v) is 5.49. The van der Waals surface area contributed by atoms with Gasteiger partial charge in [-0.3, -0.25) is 0 Å². The lowest BCUT2D eigenvalue weighted by Gasteiger charge is -2.32. The van der Waals surface area contributed by atoms with E-state index in [0.29, 0.717) is 29.6 Å². The van der Waals surface area contributed by atoms with Crippen molar-refractivity contribution in [2.45, 2.75) is 45.1 Å². The molecule has 1 aromatic heterocycles. The molecule has 2 heterocycles. The van der Waals surface area contributed by atoms with Crippen LogP contribution in [0.5, 0.6) is 0 Å². The number of nitrogens with zero attached hydrogens (tertiary/aromatic N) is 3. The van der Waals surface area contributed by atoms with Gasteiger partial charge in [-0.15, -0.1) is 11.3 Å². The lowest BCUT2D eigenvalue weighted by molar-refractivity contribution is 0.0204. The van der Waals surface area contributed by atoms with Crippen molar-refractivity contribution in [3.63, 3.8) is 0 Å². The highest BCUT2D eigenvalue weighted by Crippen LogP contribution is 2.33. The minimum atomic E-state index is -0.475. The predicted octanol–water partition coefficient (Wildman–Crippen LogP) is 5.45. The molecule has 0 unspecified atom stereocenters. The van der Waals surface area contributed by atoms with Gasteiger partial charge in [-0.25, -0.2) is 9.78 Å². The van der Waals surface area contributed by atoms with Crippen molar-refractivity contribution in [3.8, 4) is 16.6 Å². The molecule has 1 aliphatic heterocycles. The fourth-order valence-corrected chi connectivity index (χ4v) is 4.19. The van der Waals surface area contributed by atoms with Crippen molar-refractivity contribution >= 4 is 29.0 Å². The summed E-state index contributed by atoms with van der Waals surface area (Å²) < 4.78 is 5.45. The van der Waals surface area contributed by atoms with Crippen molar-refractivity contribution in [1.82, 2.24) is 9.88 Å². The van der Waals surface area contributed by atoms with Crippen molar-refractivity contribution < 1.29 is 9.53 Å². The van der Waals surface area contributed by atoms with E-state index < -0.39 is 5.60 Å². The van der Waals surface area contributed by atoms with Gasteiger partial charge in [0.2, 0.25) is 0 Å². The lowest BCUT2D eigenvalue weighted by atomic mass is 9.94. The number of piperidine rings is 1. The summed E-state index contributed by atoms with van der Waals surface area (Å²) in [6, 6.07) is 7.40. The van der Waals surface area contributed by atoms with Gasteiger partial charge < -0.3 is 9.64 Å². The van der Waals surface area contributed by atoms with Gasteiger partial charge >= 0.3 is 6.09 Å². The number of halogens is 1. The van der Waals surface area contributed by atoms with Gasteiger partial charge in [0.15, 0.2) is 0 Å². The molecule has 1 aliphatic rings. The molecule has 0 spiro atoms. The van der Waals surface area contributed by atoms with Gasteiger partial charge in [0.05, 0.1) is 17.3 Å². The predicted molar refractivity (Wildman–Crippen MR) is 107 cm³/mol. The maximum absolute atomic E-state index is 12.2. The molecular formula is C20H22ClN3O2S. The largest absolute Gasteiger partial charge is 0.444 e. The Labute approximate surface area is 168 Å². The van der Waals surface area contributed by atoms with Gasteiger partial charge in [-0.2, -0.15) is 5.26 Å². The molecule has 27 heavy (non-hydrogen) atoms. The third-order valence-electron chi connectivity index (χ3n) is 4.36. The van der Waals surface area contributed by atoms with Crippen molar-refractivity contribution in [2.75, 3.05) is 13.1 Å². The zero-order valence-corrected chi connectivity index (χ0v) is 17.2. The van der Waals surface area contributed by atoms with Crippen molar-refractivity contribution in [3.05, 3.63) is 39.9 Å². The molecule has 1 amide bonds. The number of hydrogen-bond donors (Lipinski definition) is 0. The second-order valence-corrected chi connectivity index (χ2v) is 8.95. The first kappa shape index (κ1) is 19.7. The third kappa shape index (κ3) is 5.00. The molecule has 1 aromatic carbocycles. The van der Waals surface area contributed by atoms with Crippen molar-refractivity contribution in [2.24, 2.45) is 0 Å². The summed E-state index contributed by atoms with van der Waals surface area (Å²) in [5.74, 6) is 0.323. The number of carbonyl (C=O) groups is 1. The van der Waals surface area contributed by atoms with Crippen LogP contribution in [0.25, 0.3) is 10.6 Å². The number of nitriles is 1. The summed E-state index contributed by atoms with van der Waals surface area (Å²) in [4.78, 5) is 18.7. The maximum atomic E-state index is 12.2. The van der Waals surface area contributed by atoms with Crippen LogP contribution in [0.4, 0.5) is 4.79 Å². The van der Waals surface area contributed by atoms with Crippen LogP contribution >= 0.6 is 22.9 Å². The molecule has 142 valence electrons. The van der Waals surface area contributed by atoms with Gasteiger partial charge in [-0.05, 0) is 51.8 Å². The number of ether oxygens (including phenoxy) is 1. The van der Waals surface area contributed by atoms with Crippen LogP contribution in [0.2, 0.25) is 5.02 Å². The minimum absolute atomic E-state index is 0.247. The van der Waals surface area contributed by atoms with E-state index in [4.69, 9.17) is 26.6 Å². The number of thiazole rings is 1. The first-order chi connectivity index (χ1) is 12.7. The summed E-state index contributed by atoms with van der Waals surface area (Å²) in [5, 5.41) is 12.6. The lowest BCUT2D eigenvalue weighted by Crippen LogP contribution is -2.41. The highest BCUT2D eigenvalue weighted by atomic mass is 35.5. The molecular weight excluding hydrogens is 382 g/mol. The SMILES string of the molecule is CC(C)(C)OC(=O)N1CCC(c2csc(-c3cc(Cl)cc(C#N)c3)n2)CC1. The van der Waals surface area contributed by atoms with Gasteiger partial charge in [-0.1, -0.05) is 11.6 Å². The quantitative estimate of drug-likeness (QED) is 0.668. The van der Waals surface area contributed by atoms with E-state index in [1.165, 1.54) is 0 Å². The Bertz CT molecular complexity index is 874. The number of benzene rings is 1. The average molecular weight is 404 g/mol. The van der Waals surface area contributed by atoms with Crippen LogP contribution in [0.1, 0.15) is 50.8 Å². The number of hydrogen-bond acceptors (Lipinski definition) is 5. The van der Waals surface area contributed by atoms with E-state index in [1.807, 2.05) is 26.8 Å². The zero-order valence-electron chi connectivity index (χ0n) is 15.7. The van der Waals surface area contributed by atoms with E-state index in [0.717, 1.165) is 29.1 Å². The van der Waals surface area contributed by atoms with Crippen LogP contribution < -0.4 is 0 Å². The van der Waals surface area contributed by atoms with Crippen molar-refractivity contribution in [1.29, 1.82) is 5.26 Å². The normalized spacial score (nSPS) is 15.4. The number of aromatic nitrogens is 1. The standard InChI is InChI=1S/C20H22ClN3O2S/c1-20(2,3)26-19(25)24-6-4-14(5-7-24)17-12-27-18(23-17)15-8-13(11-22)9-16(21)10-15/h8-10,12,14H,4-7H2,1-3H3. The van der Waals surface area contributed by atoms with Gasteiger partial charge in [0.1, 0.15) is 10.6 Å². The topological polar surface area (TPSA) is 66.2 Å². The Balaban J connectivity index is 1.66. The van der Waals surface area contributed by atoms with Crippen LogP contribution in [-0.4, -0.2) is 34.7 Å². The molecule has 0 N–H and O–H groups in total. The number of carbonyl (C=O) groups excluding carboxylic acids is 1. The van der Waals surface area contributed by atoms with Gasteiger partial charge in [0.25, 0.3) is 0 Å². The van der Waals surface area contributed by atoms with E-state index in [2.05, 4.69) is 11.4 Å². The van der Waals surface area contributed by atoms with E-state index in [1.54, 1.807) is 28.4 Å². The molecule has 0 bridgehead atoms. The van der Waals surface area contributed by atoms with Crippen LogP contribution in [0.3, 0.4) is 0 Å². The molecule has 0 saturated carbocycles. The average Bonchev–Trinajstić information content (AvgIpc) is 3.10. The molecule has 1 fully saturated rings.